The molecule has 0 aliphatic rings. The minimum Gasteiger partial charge on any atom is -0.502 e. The van der Waals surface area contributed by atoms with Gasteiger partial charge in [0.25, 0.3) is 0 Å². The van der Waals surface area contributed by atoms with Crippen LogP contribution in [0, 0.1) is 10.1 Å². The van der Waals surface area contributed by atoms with Gasteiger partial charge < -0.3 is 10.4 Å². The van der Waals surface area contributed by atoms with E-state index in [1.54, 1.807) is 6.07 Å². The molecule has 0 aliphatic heterocycles. The Morgan fingerprint density at radius 1 is 1.53 bits per heavy atom. The molecule has 0 amide bonds. The quantitative estimate of drug-likeness (QED) is 0.441. The van der Waals surface area contributed by atoms with Crippen LogP contribution < -0.4 is 5.32 Å². The van der Waals surface area contributed by atoms with Crippen LogP contribution in [-0.2, 0) is 6.54 Å². The smallest absolute Gasteiger partial charge is 0.310 e. The predicted molar refractivity (Wildman–Crippen MR) is 56.8 cm³/mol. The van der Waals surface area contributed by atoms with E-state index < -0.39 is 4.92 Å². The molecule has 82 valence electrons. The van der Waals surface area contributed by atoms with Gasteiger partial charge in [-0.25, -0.2) is 0 Å². The van der Waals surface area contributed by atoms with E-state index in [4.69, 9.17) is 0 Å². The van der Waals surface area contributed by atoms with Crippen molar-refractivity contribution < 1.29 is 10.0 Å². The average molecular weight is 210 g/mol. The van der Waals surface area contributed by atoms with Crippen molar-refractivity contribution in [3.63, 3.8) is 0 Å². The number of rotatable bonds is 5. The monoisotopic (exact) mass is 210 g/mol. The fourth-order valence-corrected chi connectivity index (χ4v) is 1.24. The van der Waals surface area contributed by atoms with E-state index in [-0.39, 0.29) is 11.4 Å². The molecule has 1 rings (SSSR count). The lowest BCUT2D eigenvalue weighted by atomic mass is 10.2. The fourth-order valence-electron chi connectivity index (χ4n) is 1.24. The molecule has 0 spiro atoms. The Kier molecular flexibility index (Phi) is 4.05. The van der Waals surface area contributed by atoms with Gasteiger partial charge in [-0.3, -0.25) is 10.1 Å². The normalized spacial score (nSPS) is 10.2. The van der Waals surface area contributed by atoms with E-state index in [1.807, 2.05) is 0 Å². The highest BCUT2D eigenvalue weighted by Gasteiger charge is 2.12. The molecule has 0 fully saturated rings. The van der Waals surface area contributed by atoms with Gasteiger partial charge in [0.15, 0.2) is 5.75 Å². The largest absolute Gasteiger partial charge is 0.502 e. The highest BCUT2D eigenvalue weighted by Crippen LogP contribution is 2.25. The number of phenolic OH excluding ortho intramolecular Hbond substituents is 1. The van der Waals surface area contributed by atoms with Crippen LogP contribution in [0.25, 0.3) is 0 Å². The second kappa shape index (κ2) is 5.31. The molecule has 0 aliphatic carbocycles. The van der Waals surface area contributed by atoms with Crippen LogP contribution in [0.15, 0.2) is 18.2 Å². The van der Waals surface area contributed by atoms with Crippen LogP contribution >= 0.6 is 0 Å². The molecule has 0 aromatic heterocycles. The number of nitrogens with zero attached hydrogens (tertiary/aromatic N) is 1. The Labute approximate surface area is 87.9 Å². The molecule has 2 N–H and O–H groups in total. The summed E-state index contributed by atoms with van der Waals surface area (Å²) in [7, 11) is 0. The lowest BCUT2D eigenvalue weighted by molar-refractivity contribution is -0.385. The van der Waals surface area contributed by atoms with Crippen molar-refractivity contribution in [1.82, 2.24) is 5.32 Å². The van der Waals surface area contributed by atoms with Gasteiger partial charge in [-0.2, -0.15) is 0 Å². The molecule has 1 aromatic carbocycles. The van der Waals surface area contributed by atoms with Crippen LogP contribution in [0.2, 0.25) is 0 Å². The second-order valence-corrected chi connectivity index (χ2v) is 3.26. The van der Waals surface area contributed by atoms with E-state index in [9.17, 15) is 15.2 Å². The van der Waals surface area contributed by atoms with Gasteiger partial charge in [0.1, 0.15) is 0 Å². The summed E-state index contributed by atoms with van der Waals surface area (Å²) in [5, 5.41) is 22.9. The van der Waals surface area contributed by atoms with Crippen LogP contribution in [0.4, 0.5) is 5.69 Å². The zero-order valence-corrected chi connectivity index (χ0v) is 8.56. The summed E-state index contributed by atoms with van der Waals surface area (Å²) in [4.78, 5) is 9.82. The third kappa shape index (κ3) is 3.21. The fraction of sp³-hybridized carbons (Fsp3) is 0.400. The zero-order valence-electron chi connectivity index (χ0n) is 8.56. The predicted octanol–water partition coefficient (Wildman–Crippen LogP) is 1.80. The summed E-state index contributed by atoms with van der Waals surface area (Å²) in [5.74, 6) is -0.282. The Morgan fingerprint density at radius 2 is 2.27 bits per heavy atom. The van der Waals surface area contributed by atoms with Gasteiger partial charge >= 0.3 is 5.69 Å². The first-order valence-electron chi connectivity index (χ1n) is 4.82. The molecule has 5 nitrogen and oxygen atoms in total. The Balaban J connectivity index is 2.69. The first-order valence-corrected chi connectivity index (χ1v) is 4.82. The van der Waals surface area contributed by atoms with Crippen molar-refractivity contribution in [3.05, 3.63) is 33.9 Å². The first-order chi connectivity index (χ1) is 7.15. The maximum absolute atomic E-state index is 10.4. The van der Waals surface area contributed by atoms with E-state index in [2.05, 4.69) is 12.2 Å². The van der Waals surface area contributed by atoms with E-state index in [0.717, 1.165) is 18.5 Å². The molecular formula is C10H14N2O3. The Hall–Kier alpha value is -1.62. The van der Waals surface area contributed by atoms with Crippen molar-refractivity contribution in [2.75, 3.05) is 6.54 Å². The van der Waals surface area contributed by atoms with Crippen LogP contribution in [0.1, 0.15) is 18.9 Å². The maximum atomic E-state index is 10.4. The van der Waals surface area contributed by atoms with E-state index in [1.165, 1.54) is 12.1 Å². The Morgan fingerprint density at radius 3 is 2.80 bits per heavy atom. The minimum absolute atomic E-state index is 0.255. The van der Waals surface area contributed by atoms with Gasteiger partial charge in [0, 0.05) is 12.6 Å². The number of phenols is 1. The van der Waals surface area contributed by atoms with Gasteiger partial charge in [0.05, 0.1) is 4.92 Å². The Bertz CT molecular complexity index is 353. The molecule has 5 heteroatoms. The third-order valence-electron chi connectivity index (χ3n) is 1.99. The minimum atomic E-state index is -0.599. The number of benzene rings is 1. The summed E-state index contributed by atoms with van der Waals surface area (Å²) >= 11 is 0. The summed E-state index contributed by atoms with van der Waals surface area (Å²) in [6, 6.07) is 4.37. The summed E-state index contributed by atoms with van der Waals surface area (Å²) in [6.07, 6.45) is 1.03. The summed E-state index contributed by atoms with van der Waals surface area (Å²) in [6.45, 7) is 3.55. The number of nitro benzene ring substituents is 1. The highest BCUT2D eigenvalue weighted by atomic mass is 16.6. The second-order valence-electron chi connectivity index (χ2n) is 3.26. The maximum Gasteiger partial charge on any atom is 0.310 e. The van der Waals surface area contributed by atoms with Crippen LogP contribution in [-0.4, -0.2) is 16.6 Å². The van der Waals surface area contributed by atoms with Gasteiger partial charge in [-0.05, 0) is 24.6 Å². The SMILES string of the molecule is CCCNCc1ccc([N+](=O)[O-])c(O)c1. The average Bonchev–Trinajstić information content (AvgIpc) is 2.17. The van der Waals surface area contributed by atoms with Crippen molar-refractivity contribution >= 4 is 5.69 Å². The van der Waals surface area contributed by atoms with E-state index >= 15 is 0 Å². The number of nitrogens with one attached hydrogen (secondary N) is 1. The number of nitro groups is 1. The molecule has 0 saturated carbocycles. The lowest BCUT2D eigenvalue weighted by Gasteiger charge is -2.03. The topological polar surface area (TPSA) is 75.4 Å². The molecular weight excluding hydrogens is 196 g/mol. The lowest BCUT2D eigenvalue weighted by Crippen LogP contribution is -2.13. The van der Waals surface area contributed by atoms with E-state index in [0.29, 0.717) is 6.54 Å². The number of aromatic hydroxyl groups is 1. The zero-order chi connectivity index (χ0) is 11.3. The van der Waals surface area contributed by atoms with Crippen LogP contribution in [0.5, 0.6) is 5.75 Å². The summed E-state index contributed by atoms with van der Waals surface area (Å²) in [5.41, 5.74) is 0.584. The van der Waals surface area contributed by atoms with Crippen molar-refractivity contribution in [1.29, 1.82) is 0 Å². The van der Waals surface area contributed by atoms with Crippen molar-refractivity contribution in [2.24, 2.45) is 0 Å². The summed E-state index contributed by atoms with van der Waals surface area (Å²) < 4.78 is 0. The van der Waals surface area contributed by atoms with Gasteiger partial charge in [0.2, 0.25) is 0 Å². The number of hydrogen-bond acceptors (Lipinski definition) is 4. The first kappa shape index (κ1) is 11.5. The van der Waals surface area contributed by atoms with Crippen molar-refractivity contribution in [3.8, 4) is 5.75 Å². The van der Waals surface area contributed by atoms with Gasteiger partial charge in [-0.1, -0.05) is 13.0 Å². The molecule has 0 radical (unpaired) electrons. The molecule has 0 saturated heterocycles. The van der Waals surface area contributed by atoms with Crippen LogP contribution in [0.3, 0.4) is 0 Å². The standard InChI is InChI=1S/C10H14N2O3/c1-2-5-11-7-8-3-4-9(12(14)15)10(13)6-8/h3-4,6,11,13H,2,5,7H2,1H3. The highest BCUT2D eigenvalue weighted by molar-refractivity contribution is 5.47. The molecule has 1 aromatic rings. The molecule has 0 atom stereocenters. The number of hydrogen-bond donors (Lipinski definition) is 2. The van der Waals surface area contributed by atoms with Crippen molar-refractivity contribution in [2.45, 2.75) is 19.9 Å². The van der Waals surface area contributed by atoms with Gasteiger partial charge in [-0.15, -0.1) is 0 Å². The molecule has 15 heavy (non-hydrogen) atoms. The molecule has 0 heterocycles. The molecule has 0 bridgehead atoms. The third-order valence-corrected chi connectivity index (χ3v) is 1.99. The molecule has 0 unspecified atom stereocenters.